The van der Waals surface area contributed by atoms with Crippen molar-refractivity contribution in [1.29, 1.82) is 0 Å². The van der Waals surface area contributed by atoms with Gasteiger partial charge in [-0.2, -0.15) is 5.10 Å². The summed E-state index contributed by atoms with van der Waals surface area (Å²) in [4.78, 5) is 12.0. The van der Waals surface area contributed by atoms with Crippen molar-refractivity contribution in [2.45, 2.75) is 19.8 Å². The fourth-order valence-corrected chi connectivity index (χ4v) is 2.37. The Bertz CT molecular complexity index is 776. The van der Waals surface area contributed by atoms with Crippen molar-refractivity contribution in [3.8, 4) is 0 Å². The lowest BCUT2D eigenvalue weighted by Crippen LogP contribution is -2.12. The summed E-state index contributed by atoms with van der Waals surface area (Å²) in [6.07, 6.45) is 2.98. The minimum Gasteiger partial charge on any atom is -0.326 e. The molecule has 0 aliphatic carbocycles. The van der Waals surface area contributed by atoms with Gasteiger partial charge >= 0.3 is 0 Å². The number of fused-ring (bicyclic) bond motifs is 1. The third-order valence-electron chi connectivity index (χ3n) is 3.45. The van der Waals surface area contributed by atoms with E-state index in [0.717, 1.165) is 23.0 Å². The van der Waals surface area contributed by atoms with Gasteiger partial charge in [-0.05, 0) is 37.1 Å². The van der Waals surface area contributed by atoms with Gasteiger partial charge in [-0.3, -0.25) is 9.89 Å². The Morgan fingerprint density at radius 1 is 1.24 bits per heavy atom. The number of rotatable bonds is 4. The molecule has 0 aliphatic rings. The third-order valence-corrected chi connectivity index (χ3v) is 3.45. The summed E-state index contributed by atoms with van der Waals surface area (Å²) in [5.74, 6) is 0.0272. The van der Waals surface area contributed by atoms with E-state index < -0.39 is 0 Å². The lowest BCUT2D eigenvalue weighted by atomic mass is 10.1. The Kier molecular flexibility index (Phi) is 3.69. The highest BCUT2D eigenvalue weighted by Crippen LogP contribution is 2.17. The van der Waals surface area contributed by atoms with Crippen molar-refractivity contribution in [3.05, 3.63) is 59.8 Å². The lowest BCUT2D eigenvalue weighted by Gasteiger charge is -2.06. The van der Waals surface area contributed by atoms with E-state index in [0.29, 0.717) is 6.42 Å². The molecule has 21 heavy (non-hydrogen) atoms. The fraction of sp³-hybridized carbons (Fsp3) is 0.176. The molecule has 1 aromatic heterocycles. The largest absolute Gasteiger partial charge is 0.326 e. The summed E-state index contributed by atoms with van der Waals surface area (Å²) >= 11 is 0. The Balaban J connectivity index is 1.60. The minimum atomic E-state index is 0.0272. The highest BCUT2D eigenvalue weighted by molar-refractivity contribution is 5.93. The van der Waals surface area contributed by atoms with Crippen molar-refractivity contribution < 1.29 is 4.79 Å². The van der Waals surface area contributed by atoms with Crippen LogP contribution in [0.5, 0.6) is 0 Å². The molecule has 0 radical (unpaired) electrons. The second-order valence-electron chi connectivity index (χ2n) is 5.21. The van der Waals surface area contributed by atoms with Crippen LogP contribution in [0.4, 0.5) is 5.69 Å². The number of hydrogen-bond acceptors (Lipinski definition) is 2. The Morgan fingerprint density at radius 2 is 2.14 bits per heavy atom. The van der Waals surface area contributed by atoms with E-state index in [4.69, 9.17) is 0 Å². The Morgan fingerprint density at radius 3 is 3.00 bits per heavy atom. The number of benzene rings is 2. The SMILES string of the molecule is Cc1cccc(CCC(=O)Nc2ccc3[nH]ncc3c2)c1. The van der Waals surface area contributed by atoms with Crippen LogP contribution in [-0.2, 0) is 11.2 Å². The van der Waals surface area contributed by atoms with Gasteiger partial charge in [0, 0.05) is 17.5 Å². The van der Waals surface area contributed by atoms with E-state index in [1.807, 2.05) is 24.3 Å². The van der Waals surface area contributed by atoms with E-state index in [1.54, 1.807) is 6.20 Å². The number of H-pyrrole nitrogens is 1. The number of anilines is 1. The molecule has 4 nitrogen and oxygen atoms in total. The number of aromatic amines is 1. The molecule has 0 saturated carbocycles. The maximum atomic E-state index is 12.0. The number of aryl methyl sites for hydroxylation is 2. The van der Waals surface area contributed by atoms with Gasteiger partial charge in [0.2, 0.25) is 5.91 Å². The van der Waals surface area contributed by atoms with Crippen LogP contribution < -0.4 is 5.32 Å². The van der Waals surface area contributed by atoms with Gasteiger partial charge < -0.3 is 5.32 Å². The molecule has 0 spiro atoms. The molecule has 3 aromatic rings. The quantitative estimate of drug-likeness (QED) is 0.768. The van der Waals surface area contributed by atoms with Crippen LogP contribution in [0, 0.1) is 6.92 Å². The van der Waals surface area contributed by atoms with E-state index in [-0.39, 0.29) is 5.91 Å². The molecule has 0 saturated heterocycles. The Labute approximate surface area is 123 Å². The fourth-order valence-electron chi connectivity index (χ4n) is 2.37. The summed E-state index contributed by atoms with van der Waals surface area (Å²) in [6, 6.07) is 14.0. The number of aromatic nitrogens is 2. The molecule has 1 amide bonds. The zero-order valence-corrected chi connectivity index (χ0v) is 11.9. The van der Waals surface area contributed by atoms with Crippen LogP contribution in [0.3, 0.4) is 0 Å². The van der Waals surface area contributed by atoms with Crippen molar-refractivity contribution in [2.75, 3.05) is 5.32 Å². The summed E-state index contributed by atoms with van der Waals surface area (Å²) in [6.45, 7) is 2.06. The first-order valence-electron chi connectivity index (χ1n) is 6.99. The number of amides is 1. The molecule has 106 valence electrons. The summed E-state index contributed by atoms with van der Waals surface area (Å²) in [7, 11) is 0. The van der Waals surface area contributed by atoms with E-state index in [9.17, 15) is 4.79 Å². The van der Waals surface area contributed by atoms with Gasteiger partial charge in [0.05, 0.1) is 11.7 Å². The molecule has 0 fully saturated rings. The van der Waals surface area contributed by atoms with Crippen LogP contribution in [0.25, 0.3) is 10.9 Å². The van der Waals surface area contributed by atoms with E-state index >= 15 is 0 Å². The number of hydrogen-bond donors (Lipinski definition) is 2. The second kappa shape index (κ2) is 5.79. The molecule has 0 bridgehead atoms. The highest BCUT2D eigenvalue weighted by Gasteiger charge is 2.05. The predicted molar refractivity (Wildman–Crippen MR) is 84.2 cm³/mol. The Hall–Kier alpha value is -2.62. The van der Waals surface area contributed by atoms with E-state index in [1.165, 1.54) is 11.1 Å². The maximum absolute atomic E-state index is 12.0. The van der Waals surface area contributed by atoms with Gasteiger partial charge in [-0.1, -0.05) is 29.8 Å². The molecular weight excluding hydrogens is 262 g/mol. The molecule has 1 heterocycles. The molecule has 2 N–H and O–H groups in total. The first-order valence-corrected chi connectivity index (χ1v) is 6.99. The van der Waals surface area contributed by atoms with Crippen LogP contribution in [0.2, 0.25) is 0 Å². The molecule has 4 heteroatoms. The topological polar surface area (TPSA) is 57.8 Å². The van der Waals surface area contributed by atoms with Gasteiger partial charge in [0.1, 0.15) is 0 Å². The van der Waals surface area contributed by atoms with Crippen LogP contribution in [0.15, 0.2) is 48.7 Å². The average Bonchev–Trinajstić information content (AvgIpc) is 2.93. The van der Waals surface area contributed by atoms with Crippen molar-refractivity contribution in [1.82, 2.24) is 10.2 Å². The molecule has 2 aromatic carbocycles. The second-order valence-corrected chi connectivity index (χ2v) is 5.21. The number of nitrogens with zero attached hydrogens (tertiary/aromatic N) is 1. The summed E-state index contributed by atoms with van der Waals surface area (Å²) < 4.78 is 0. The van der Waals surface area contributed by atoms with Gasteiger partial charge in [0.15, 0.2) is 0 Å². The predicted octanol–water partition coefficient (Wildman–Crippen LogP) is 3.44. The van der Waals surface area contributed by atoms with Gasteiger partial charge in [0.25, 0.3) is 0 Å². The van der Waals surface area contributed by atoms with Crippen LogP contribution >= 0.6 is 0 Å². The standard InChI is InChI=1S/C17H17N3O/c1-12-3-2-4-13(9-12)5-8-17(21)19-15-6-7-16-14(10-15)11-18-20-16/h2-4,6-7,9-11H,5,8H2,1H3,(H,18,20)(H,19,21). The zero-order chi connectivity index (χ0) is 14.7. The first-order chi connectivity index (χ1) is 10.2. The normalized spacial score (nSPS) is 10.7. The average molecular weight is 279 g/mol. The van der Waals surface area contributed by atoms with Crippen molar-refractivity contribution in [2.24, 2.45) is 0 Å². The molecular formula is C17H17N3O. The molecule has 0 aliphatic heterocycles. The molecule has 0 unspecified atom stereocenters. The molecule has 0 atom stereocenters. The van der Waals surface area contributed by atoms with Crippen LogP contribution in [-0.4, -0.2) is 16.1 Å². The zero-order valence-electron chi connectivity index (χ0n) is 11.9. The van der Waals surface area contributed by atoms with Gasteiger partial charge in [-0.25, -0.2) is 0 Å². The minimum absolute atomic E-state index is 0.0272. The third kappa shape index (κ3) is 3.28. The highest BCUT2D eigenvalue weighted by atomic mass is 16.1. The van der Waals surface area contributed by atoms with E-state index in [2.05, 4.69) is 40.6 Å². The van der Waals surface area contributed by atoms with Crippen molar-refractivity contribution >= 4 is 22.5 Å². The first kappa shape index (κ1) is 13.4. The number of carbonyl (C=O) groups excluding carboxylic acids is 1. The lowest BCUT2D eigenvalue weighted by molar-refractivity contribution is -0.116. The summed E-state index contributed by atoms with van der Waals surface area (Å²) in [5, 5.41) is 10.8. The van der Waals surface area contributed by atoms with Crippen molar-refractivity contribution in [3.63, 3.8) is 0 Å². The number of nitrogens with one attached hydrogen (secondary N) is 2. The molecule has 3 rings (SSSR count). The monoisotopic (exact) mass is 279 g/mol. The van der Waals surface area contributed by atoms with Crippen LogP contribution in [0.1, 0.15) is 17.5 Å². The number of carbonyl (C=O) groups is 1. The summed E-state index contributed by atoms with van der Waals surface area (Å²) in [5.41, 5.74) is 4.18. The smallest absolute Gasteiger partial charge is 0.224 e. The maximum Gasteiger partial charge on any atom is 0.224 e. The van der Waals surface area contributed by atoms with Gasteiger partial charge in [-0.15, -0.1) is 0 Å².